The summed E-state index contributed by atoms with van der Waals surface area (Å²) in [6.45, 7) is 0.249. The first kappa shape index (κ1) is 20.6. The second-order valence-corrected chi connectivity index (χ2v) is 7.35. The molecule has 0 amide bonds. The molecule has 0 atom stereocenters. The third-order valence-corrected chi connectivity index (χ3v) is 5.15. The fourth-order valence-electron chi connectivity index (χ4n) is 2.23. The molecular weight excluding hydrogens is 370 g/mol. The van der Waals surface area contributed by atoms with Gasteiger partial charge in [0, 0.05) is 18.5 Å². The normalized spacial score (nSPS) is 11.0. The highest BCUT2D eigenvalue weighted by Gasteiger charge is 2.12. The summed E-state index contributed by atoms with van der Waals surface area (Å²) in [6, 6.07) is 14.5. The van der Waals surface area contributed by atoms with Gasteiger partial charge in [-0.25, -0.2) is 13.1 Å². The van der Waals surface area contributed by atoms with Crippen LogP contribution in [0.1, 0.15) is 23.2 Å². The molecule has 0 aliphatic carbocycles. The van der Waals surface area contributed by atoms with E-state index in [1.807, 2.05) is 0 Å². The topological polar surface area (TPSA) is 98.8 Å². The van der Waals surface area contributed by atoms with Gasteiger partial charge in [-0.2, -0.15) is 0 Å². The molecule has 2 aromatic carbocycles. The molecule has 0 heterocycles. The van der Waals surface area contributed by atoms with Crippen LogP contribution in [0.5, 0.6) is 5.75 Å². The zero-order chi connectivity index (χ0) is 19.7. The molecule has 0 radical (unpaired) electrons. The number of ketones is 1. The zero-order valence-electron chi connectivity index (χ0n) is 14.9. The van der Waals surface area contributed by atoms with Crippen molar-refractivity contribution >= 4 is 21.8 Å². The Bertz CT molecular complexity index is 863. The maximum atomic E-state index is 12.1. The monoisotopic (exact) mass is 391 g/mol. The van der Waals surface area contributed by atoms with Crippen LogP contribution in [0.15, 0.2) is 59.5 Å². The number of Topliss-reactive ketones (excluding diaryl/α,β-unsaturated/α-hetero) is 1. The third-order valence-electron chi connectivity index (χ3n) is 3.68. The Kier molecular flexibility index (Phi) is 7.51. The molecule has 2 aromatic rings. The number of carbonyl (C=O) groups is 2. The van der Waals surface area contributed by atoms with Crippen LogP contribution < -0.4 is 9.46 Å². The Balaban J connectivity index is 1.78. The van der Waals surface area contributed by atoms with Crippen molar-refractivity contribution in [1.82, 2.24) is 4.72 Å². The van der Waals surface area contributed by atoms with Crippen molar-refractivity contribution in [3.05, 3.63) is 60.2 Å². The fraction of sp³-hybridized carbons (Fsp3) is 0.263. The van der Waals surface area contributed by atoms with Crippen molar-refractivity contribution in [2.45, 2.75) is 17.7 Å². The Labute approximate surface area is 158 Å². The minimum Gasteiger partial charge on any atom is -0.492 e. The molecule has 0 bridgehead atoms. The van der Waals surface area contributed by atoms with Crippen molar-refractivity contribution < 1.29 is 27.5 Å². The summed E-state index contributed by atoms with van der Waals surface area (Å²) in [4.78, 5) is 23.2. The highest BCUT2D eigenvalue weighted by atomic mass is 32.2. The molecule has 0 unspecified atom stereocenters. The van der Waals surface area contributed by atoms with E-state index in [4.69, 9.17) is 4.74 Å². The molecule has 0 aliphatic rings. The van der Waals surface area contributed by atoms with Gasteiger partial charge >= 0.3 is 5.97 Å². The average Bonchev–Trinajstić information content (AvgIpc) is 2.70. The summed E-state index contributed by atoms with van der Waals surface area (Å²) in [7, 11) is -2.28. The number of sulfonamides is 1. The van der Waals surface area contributed by atoms with Crippen molar-refractivity contribution in [2.24, 2.45) is 0 Å². The molecule has 7 nitrogen and oxygen atoms in total. The second kappa shape index (κ2) is 9.84. The second-order valence-electron chi connectivity index (χ2n) is 5.58. The van der Waals surface area contributed by atoms with Crippen LogP contribution >= 0.6 is 0 Å². The molecule has 0 saturated heterocycles. The van der Waals surface area contributed by atoms with Gasteiger partial charge in [-0.1, -0.05) is 18.2 Å². The average molecular weight is 391 g/mol. The van der Waals surface area contributed by atoms with E-state index < -0.39 is 16.0 Å². The Morgan fingerprint density at radius 1 is 0.963 bits per heavy atom. The number of hydrogen-bond donors (Lipinski definition) is 1. The molecular formula is C19H21NO6S. The van der Waals surface area contributed by atoms with E-state index in [1.165, 1.54) is 19.2 Å². The van der Waals surface area contributed by atoms with Gasteiger partial charge in [0.05, 0.1) is 18.4 Å². The molecule has 0 spiro atoms. The molecule has 2 rings (SSSR count). The van der Waals surface area contributed by atoms with Gasteiger partial charge in [-0.15, -0.1) is 0 Å². The quantitative estimate of drug-likeness (QED) is 0.379. The Morgan fingerprint density at radius 2 is 1.63 bits per heavy atom. The molecule has 8 heteroatoms. The lowest BCUT2D eigenvalue weighted by Gasteiger charge is -2.09. The summed E-state index contributed by atoms with van der Waals surface area (Å²) >= 11 is 0. The van der Waals surface area contributed by atoms with Crippen LogP contribution in [0, 0.1) is 0 Å². The molecule has 0 aliphatic heterocycles. The van der Waals surface area contributed by atoms with Crippen LogP contribution in [0.2, 0.25) is 0 Å². The minimum absolute atomic E-state index is 0.0368. The smallest absolute Gasteiger partial charge is 0.305 e. The van der Waals surface area contributed by atoms with Gasteiger partial charge in [-0.05, 0) is 36.4 Å². The predicted molar refractivity (Wildman–Crippen MR) is 99.1 cm³/mol. The largest absolute Gasteiger partial charge is 0.492 e. The zero-order valence-corrected chi connectivity index (χ0v) is 15.7. The van der Waals surface area contributed by atoms with Crippen molar-refractivity contribution in [3.8, 4) is 5.75 Å². The molecule has 0 fully saturated rings. The van der Waals surface area contributed by atoms with Crippen molar-refractivity contribution in [2.75, 3.05) is 20.3 Å². The lowest BCUT2D eigenvalue weighted by Crippen LogP contribution is -2.28. The number of methoxy groups -OCH3 is 1. The van der Waals surface area contributed by atoms with E-state index in [9.17, 15) is 18.0 Å². The van der Waals surface area contributed by atoms with Crippen LogP contribution in [-0.4, -0.2) is 40.4 Å². The Morgan fingerprint density at radius 3 is 2.26 bits per heavy atom. The van der Waals surface area contributed by atoms with Crippen LogP contribution in [-0.2, 0) is 19.6 Å². The van der Waals surface area contributed by atoms with Gasteiger partial charge in [0.2, 0.25) is 10.0 Å². The standard InChI is InChI=1S/C19H21NO6S/c1-25-19(22)12-11-18(21)15-7-9-16(10-8-15)26-14-13-20-27(23,24)17-5-3-2-4-6-17/h2-10,20H,11-14H2,1H3. The van der Waals surface area contributed by atoms with Crippen LogP contribution in [0.25, 0.3) is 0 Å². The first-order chi connectivity index (χ1) is 12.9. The van der Waals surface area contributed by atoms with Gasteiger partial charge in [0.15, 0.2) is 5.78 Å². The third kappa shape index (κ3) is 6.50. The summed E-state index contributed by atoms with van der Waals surface area (Å²) in [5, 5.41) is 0. The van der Waals surface area contributed by atoms with Crippen molar-refractivity contribution in [1.29, 1.82) is 0 Å². The van der Waals surface area contributed by atoms with E-state index in [1.54, 1.807) is 42.5 Å². The fourth-order valence-corrected chi connectivity index (χ4v) is 3.26. The SMILES string of the molecule is COC(=O)CCC(=O)c1ccc(OCCNS(=O)(=O)c2ccccc2)cc1. The predicted octanol–water partition coefficient (Wildman–Crippen LogP) is 2.18. The number of ether oxygens (including phenoxy) is 2. The number of carbonyl (C=O) groups excluding carboxylic acids is 2. The lowest BCUT2D eigenvalue weighted by molar-refractivity contribution is -0.140. The van der Waals surface area contributed by atoms with E-state index in [0.717, 1.165) is 0 Å². The minimum atomic E-state index is -3.56. The molecule has 0 saturated carbocycles. The van der Waals surface area contributed by atoms with Gasteiger partial charge in [0.1, 0.15) is 12.4 Å². The first-order valence-electron chi connectivity index (χ1n) is 8.30. The van der Waals surface area contributed by atoms with Gasteiger partial charge in [-0.3, -0.25) is 9.59 Å². The highest BCUT2D eigenvalue weighted by molar-refractivity contribution is 7.89. The van der Waals surface area contributed by atoms with E-state index in [2.05, 4.69) is 9.46 Å². The summed E-state index contributed by atoms with van der Waals surface area (Å²) < 4.78 is 36.5. The number of rotatable bonds is 10. The van der Waals surface area contributed by atoms with Crippen LogP contribution in [0.3, 0.4) is 0 Å². The molecule has 27 heavy (non-hydrogen) atoms. The lowest BCUT2D eigenvalue weighted by atomic mass is 10.1. The van der Waals surface area contributed by atoms with E-state index in [0.29, 0.717) is 11.3 Å². The highest BCUT2D eigenvalue weighted by Crippen LogP contribution is 2.14. The van der Waals surface area contributed by atoms with Gasteiger partial charge < -0.3 is 9.47 Å². The molecule has 0 aromatic heterocycles. The Hall–Kier alpha value is -2.71. The molecule has 144 valence electrons. The number of benzene rings is 2. The summed E-state index contributed by atoms with van der Waals surface area (Å²) in [5.41, 5.74) is 0.469. The number of hydrogen-bond acceptors (Lipinski definition) is 6. The number of nitrogens with one attached hydrogen (secondary N) is 1. The van der Waals surface area contributed by atoms with Crippen LogP contribution in [0.4, 0.5) is 0 Å². The number of esters is 1. The van der Waals surface area contributed by atoms with Crippen molar-refractivity contribution in [3.63, 3.8) is 0 Å². The first-order valence-corrected chi connectivity index (χ1v) is 9.78. The maximum absolute atomic E-state index is 12.1. The summed E-state index contributed by atoms with van der Waals surface area (Å²) in [5.74, 6) is -0.0812. The maximum Gasteiger partial charge on any atom is 0.305 e. The van der Waals surface area contributed by atoms with E-state index in [-0.39, 0.29) is 36.7 Å². The summed E-state index contributed by atoms with van der Waals surface area (Å²) in [6.07, 6.45) is 0.114. The molecule has 1 N–H and O–H groups in total. The van der Waals surface area contributed by atoms with E-state index >= 15 is 0 Å². The van der Waals surface area contributed by atoms with Gasteiger partial charge in [0.25, 0.3) is 0 Å².